The number of pyridine rings is 1. The third-order valence-electron chi connectivity index (χ3n) is 3.81. The minimum atomic E-state index is -0.341. The number of ether oxygens (including phenoxy) is 2. The molecule has 2 amide bonds. The Labute approximate surface area is 139 Å². The average Bonchev–Trinajstić information content (AvgIpc) is 2.99. The number of rotatable bonds is 4. The molecule has 3 N–H and O–H groups in total. The maximum absolute atomic E-state index is 11.9. The summed E-state index contributed by atoms with van der Waals surface area (Å²) in [5, 5.41) is 5.45. The minimum Gasteiger partial charge on any atom is -0.454 e. The zero-order valence-corrected chi connectivity index (χ0v) is 13.6. The highest BCUT2D eigenvalue weighted by Crippen LogP contribution is 2.32. The van der Waals surface area contributed by atoms with E-state index in [-0.39, 0.29) is 24.9 Å². The Morgan fingerprint density at radius 2 is 1.88 bits per heavy atom. The number of benzene rings is 1. The second-order valence-electron chi connectivity index (χ2n) is 5.67. The predicted molar refractivity (Wildman–Crippen MR) is 88.2 cm³/mol. The molecule has 1 aliphatic heterocycles. The zero-order chi connectivity index (χ0) is 17.1. The fourth-order valence-electron chi connectivity index (χ4n) is 2.57. The van der Waals surface area contributed by atoms with E-state index >= 15 is 0 Å². The number of hydrogen-bond donors (Lipinski definition) is 3. The molecule has 0 fully saturated rings. The Hall–Kier alpha value is -2.96. The Morgan fingerprint density at radius 1 is 1.12 bits per heavy atom. The predicted octanol–water partition coefficient (Wildman–Crippen LogP) is 1.72. The summed E-state index contributed by atoms with van der Waals surface area (Å²) in [7, 11) is 0. The Bertz CT molecular complexity index is 829. The average molecular weight is 329 g/mol. The maximum Gasteiger partial charge on any atom is 0.315 e. The molecule has 24 heavy (non-hydrogen) atoms. The highest BCUT2D eigenvalue weighted by atomic mass is 16.7. The normalized spacial score (nSPS) is 12.1. The zero-order valence-electron chi connectivity index (χ0n) is 13.6. The molecule has 2 heterocycles. The molecule has 7 heteroatoms. The summed E-state index contributed by atoms with van der Waals surface area (Å²) in [4.78, 5) is 26.6. The lowest BCUT2D eigenvalue weighted by atomic mass is 10.1. The second kappa shape index (κ2) is 6.66. The van der Waals surface area contributed by atoms with Crippen molar-refractivity contribution < 1.29 is 14.3 Å². The number of carbonyl (C=O) groups excluding carboxylic acids is 1. The highest BCUT2D eigenvalue weighted by molar-refractivity contribution is 5.73. The van der Waals surface area contributed by atoms with Gasteiger partial charge >= 0.3 is 6.03 Å². The molecule has 0 radical (unpaired) electrons. The van der Waals surface area contributed by atoms with Gasteiger partial charge in [-0.25, -0.2) is 4.79 Å². The molecule has 126 valence electrons. The molecule has 0 bridgehead atoms. The molecular weight excluding hydrogens is 310 g/mol. The van der Waals surface area contributed by atoms with Crippen molar-refractivity contribution in [1.29, 1.82) is 0 Å². The van der Waals surface area contributed by atoms with Crippen LogP contribution in [0, 0.1) is 13.8 Å². The van der Waals surface area contributed by atoms with Crippen LogP contribution in [-0.4, -0.2) is 17.8 Å². The van der Waals surface area contributed by atoms with Crippen molar-refractivity contribution in [3.8, 4) is 11.5 Å². The van der Waals surface area contributed by atoms with E-state index in [4.69, 9.17) is 9.47 Å². The molecule has 0 atom stereocenters. The van der Waals surface area contributed by atoms with Crippen LogP contribution in [0.2, 0.25) is 0 Å². The van der Waals surface area contributed by atoms with Gasteiger partial charge in [0.05, 0.1) is 6.54 Å². The summed E-state index contributed by atoms with van der Waals surface area (Å²) in [5.41, 5.74) is 2.93. The number of hydrogen-bond acceptors (Lipinski definition) is 4. The number of H-pyrrole nitrogens is 1. The fraction of sp³-hybridized carbons (Fsp3) is 0.294. The molecule has 3 rings (SSSR count). The van der Waals surface area contributed by atoms with Gasteiger partial charge in [0.1, 0.15) is 0 Å². The van der Waals surface area contributed by atoms with Gasteiger partial charge in [0.15, 0.2) is 11.5 Å². The summed E-state index contributed by atoms with van der Waals surface area (Å²) in [6.07, 6.45) is 0. The SMILES string of the molecule is Cc1cc(C)c(CNC(=O)NCc2ccc3c(c2)OCO3)c(=O)[nH]1. The lowest BCUT2D eigenvalue weighted by molar-refractivity contribution is 0.174. The van der Waals surface area contributed by atoms with Gasteiger partial charge in [-0.2, -0.15) is 0 Å². The van der Waals surface area contributed by atoms with E-state index in [0.717, 1.165) is 16.8 Å². The van der Waals surface area contributed by atoms with E-state index < -0.39 is 0 Å². The van der Waals surface area contributed by atoms with Crippen LogP contribution in [0.1, 0.15) is 22.4 Å². The maximum atomic E-state index is 11.9. The largest absolute Gasteiger partial charge is 0.454 e. The van der Waals surface area contributed by atoms with Gasteiger partial charge < -0.3 is 25.1 Å². The Morgan fingerprint density at radius 3 is 2.67 bits per heavy atom. The van der Waals surface area contributed by atoms with Crippen molar-refractivity contribution in [1.82, 2.24) is 15.6 Å². The van der Waals surface area contributed by atoms with Crippen LogP contribution >= 0.6 is 0 Å². The smallest absolute Gasteiger partial charge is 0.315 e. The first-order valence-electron chi connectivity index (χ1n) is 7.62. The van der Waals surface area contributed by atoms with E-state index in [9.17, 15) is 9.59 Å². The molecule has 7 nitrogen and oxygen atoms in total. The van der Waals surface area contributed by atoms with Gasteiger partial charge in [0, 0.05) is 17.8 Å². The second-order valence-corrected chi connectivity index (χ2v) is 5.67. The molecule has 1 aromatic carbocycles. The summed E-state index contributed by atoms with van der Waals surface area (Å²) in [5.74, 6) is 1.38. The third-order valence-corrected chi connectivity index (χ3v) is 3.81. The molecule has 0 saturated heterocycles. The van der Waals surface area contributed by atoms with Crippen LogP contribution in [0.15, 0.2) is 29.1 Å². The third kappa shape index (κ3) is 3.51. The standard InChI is InChI=1S/C17H19N3O4/c1-10-5-11(2)20-16(21)13(10)8-19-17(22)18-7-12-3-4-14-15(6-12)24-9-23-14/h3-6H,7-9H2,1-2H3,(H,20,21)(H2,18,19,22). The lowest BCUT2D eigenvalue weighted by Crippen LogP contribution is -2.36. The first-order valence-corrected chi connectivity index (χ1v) is 7.62. The van der Waals surface area contributed by atoms with E-state index in [0.29, 0.717) is 23.6 Å². The molecule has 2 aromatic rings. The van der Waals surface area contributed by atoms with Crippen LogP contribution in [-0.2, 0) is 13.1 Å². The van der Waals surface area contributed by atoms with E-state index in [2.05, 4.69) is 15.6 Å². The number of aromatic amines is 1. The quantitative estimate of drug-likeness (QED) is 0.796. The number of aromatic nitrogens is 1. The van der Waals surface area contributed by atoms with Crippen LogP contribution in [0.4, 0.5) is 4.79 Å². The van der Waals surface area contributed by atoms with Gasteiger partial charge in [-0.1, -0.05) is 6.07 Å². The molecule has 0 saturated carbocycles. The molecule has 1 aromatic heterocycles. The van der Waals surface area contributed by atoms with Gasteiger partial charge in [0.25, 0.3) is 5.56 Å². The van der Waals surface area contributed by atoms with Gasteiger partial charge in [-0.15, -0.1) is 0 Å². The number of carbonyl (C=O) groups is 1. The molecule has 0 aliphatic carbocycles. The lowest BCUT2D eigenvalue weighted by Gasteiger charge is -2.10. The van der Waals surface area contributed by atoms with Crippen molar-refractivity contribution in [2.45, 2.75) is 26.9 Å². The van der Waals surface area contributed by atoms with E-state index in [1.165, 1.54) is 0 Å². The van der Waals surface area contributed by atoms with Gasteiger partial charge in [-0.05, 0) is 43.2 Å². The number of amides is 2. The molecule has 1 aliphatic rings. The van der Waals surface area contributed by atoms with Crippen LogP contribution in [0.25, 0.3) is 0 Å². The van der Waals surface area contributed by atoms with E-state index in [1.54, 1.807) is 0 Å². The topological polar surface area (TPSA) is 92.4 Å². The van der Waals surface area contributed by atoms with Crippen molar-refractivity contribution in [2.24, 2.45) is 0 Å². The molecule has 0 spiro atoms. The van der Waals surface area contributed by atoms with Crippen molar-refractivity contribution in [3.63, 3.8) is 0 Å². The highest BCUT2D eigenvalue weighted by Gasteiger charge is 2.13. The van der Waals surface area contributed by atoms with Crippen molar-refractivity contribution >= 4 is 6.03 Å². The van der Waals surface area contributed by atoms with Gasteiger partial charge in [0.2, 0.25) is 6.79 Å². The Kier molecular flexibility index (Phi) is 4.41. The number of aryl methyl sites for hydroxylation is 2. The summed E-state index contributed by atoms with van der Waals surface area (Å²) < 4.78 is 10.5. The number of urea groups is 1. The van der Waals surface area contributed by atoms with E-state index in [1.807, 2.05) is 38.1 Å². The number of nitrogens with one attached hydrogen (secondary N) is 3. The van der Waals surface area contributed by atoms with Crippen LogP contribution in [0.3, 0.4) is 0 Å². The van der Waals surface area contributed by atoms with Crippen molar-refractivity contribution in [3.05, 3.63) is 57.0 Å². The molecular formula is C17H19N3O4. The minimum absolute atomic E-state index is 0.175. The first kappa shape index (κ1) is 15.9. The first-order chi connectivity index (χ1) is 11.5. The van der Waals surface area contributed by atoms with Gasteiger partial charge in [-0.3, -0.25) is 4.79 Å². The Balaban J connectivity index is 1.54. The summed E-state index contributed by atoms with van der Waals surface area (Å²) >= 11 is 0. The summed E-state index contributed by atoms with van der Waals surface area (Å²) in [6.45, 7) is 4.42. The number of fused-ring (bicyclic) bond motifs is 1. The summed E-state index contributed by atoms with van der Waals surface area (Å²) in [6, 6.07) is 7.04. The van der Waals surface area contributed by atoms with Crippen molar-refractivity contribution in [2.75, 3.05) is 6.79 Å². The van der Waals surface area contributed by atoms with Crippen LogP contribution in [0.5, 0.6) is 11.5 Å². The van der Waals surface area contributed by atoms with Crippen LogP contribution < -0.4 is 25.7 Å². The monoisotopic (exact) mass is 329 g/mol. The fourth-order valence-corrected chi connectivity index (χ4v) is 2.57. The molecule has 0 unspecified atom stereocenters.